The van der Waals surface area contributed by atoms with E-state index in [1.54, 1.807) is 43.3 Å². The summed E-state index contributed by atoms with van der Waals surface area (Å²) < 4.78 is 5.24. The SMILES string of the molecule is Cc1ccc(C(=O)[C@@H](C)OC(=O)CCCN2C(=O)c3ccccc3C2=O)cc1C. The van der Waals surface area contributed by atoms with Crippen LogP contribution in [0.25, 0.3) is 0 Å². The minimum Gasteiger partial charge on any atom is -0.454 e. The van der Waals surface area contributed by atoms with Crippen molar-refractivity contribution in [3.05, 3.63) is 70.3 Å². The van der Waals surface area contributed by atoms with Gasteiger partial charge in [-0.2, -0.15) is 0 Å². The van der Waals surface area contributed by atoms with Crippen LogP contribution in [0.2, 0.25) is 0 Å². The first-order chi connectivity index (χ1) is 13.8. The van der Waals surface area contributed by atoms with E-state index in [4.69, 9.17) is 4.74 Å². The van der Waals surface area contributed by atoms with E-state index < -0.39 is 12.1 Å². The van der Waals surface area contributed by atoms with Crippen LogP contribution in [-0.4, -0.2) is 41.1 Å². The molecular weight excluding hydrogens is 370 g/mol. The number of carbonyl (C=O) groups excluding carboxylic acids is 4. The number of nitrogens with zero attached hydrogens (tertiary/aromatic N) is 1. The van der Waals surface area contributed by atoms with Gasteiger partial charge in [-0.05, 0) is 56.5 Å². The number of aryl methyl sites for hydroxylation is 2. The maximum absolute atomic E-state index is 12.5. The van der Waals surface area contributed by atoms with Crippen LogP contribution in [0.5, 0.6) is 0 Å². The molecule has 0 unspecified atom stereocenters. The zero-order chi connectivity index (χ0) is 21.1. The molecule has 1 heterocycles. The van der Waals surface area contributed by atoms with E-state index in [1.807, 2.05) is 19.9 Å². The summed E-state index contributed by atoms with van der Waals surface area (Å²) in [5.41, 5.74) is 3.34. The summed E-state index contributed by atoms with van der Waals surface area (Å²) in [5, 5.41) is 0. The molecule has 150 valence electrons. The Balaban J connectivity index is 1.50. The van der Waals surface area contributed by atoms with Gasteiger partial charge in [-0.3, -0.25) is 24.1 Å². The number of rotatable bonds is 7. The summed E-state index contributed by atoms with van der Waals surface area (Å²) in [6, 6.07) is 12.0. The number of ketones is 1. The standard InChI is InChI=1S/C23H23NO5/c1-14-10-11-17(13-15(14)2)21(26)16(3)29-20(25)9-6-12-24-22(27)18-7-4-5-8-19(18)23(24)28/h4-5,7-8,10-11,13,16H,6,9,12H2,1-3H3/t16-/m1/s1. The molecule has 2 aromatic rings. The van der Waals surface area contributed by atoms with E-state index in [0.717, 1.165) is 16.0 Å². The van der Waals surface area contributed by atoms with E-state index in [2.05, 4.69) is 0 Å². The molecule has 1 aliphatic heterocycles. The van der Waals surface area contributed by atoms with Gasteiger partial charge in [-0.25, -0.2) is 0 Å². The third kappa shape index (κ3) is 4.26. The van der Waals surface area contributed by atoms with Crippen LogP contribution < -0.4 is 0 Å². The van der Waals surface area contributed by atoms with E-state index in [0.29, 0.717) is 16.7 Å². The van der Waals surface area contributed by atoms with Crippen molar-refractivity contribution in [3.63, 3.8) is 0 Å². The van der Waals surface area contributed by atoms with Crippen LogP contribution in [0.1, 0.15) is 62.0 Å². The highest BCUT2D eigenvalue weighted by molar-refractivity contribution is 6.21. The zero-order valence-electron chi connectivity index (χ0n) is 16.7. The zero-order valence-corrected chi connectivity index (χ0v) is 16.7. The Kier molecular flexibility index (Phi) is 5.92. The molecule has 0 saturated heterocycles. The molecule has 0 saturated carbocycles. The summed E-state index contributed by atoms with van der Waals surface area (Å²) in [4.78, 5) is 50.3. The van der Waals surface area contributed by atoms with Gasteiger partial charge in [0.1, 0.15) is 0 Å². The van der Waals surface area contributed by atoms with Crippen molar-refractivity contribution >= 4 is 23.6 Å². The average molecular weight is 393 g/mol. The molecule has 3 rings (SSSR count). The first kappa shape index (κ1) is 20.5. The number of hydrogen-bond donors (Lipinski definition) is 0. The average Bonchev–Trinajstić information content (AvgIpc) is 2.94. The second-order valence-electron chi connectivity index (χ2n) is 7.21. The quantitative estimate of drug-likeness (QED) is 0.409. The predicted octanol–water partition coefficient (Wildman–Crippen LogP) is 3.49. The minimum atomic E-state index is -0.899. The lowest BCUT2D eigenvalue weighted by Crippen LogP contribution is -2.31. The van der Waals surface area contributed by atoms with E-state index >= 15 is 0 Å². The lowest BCUT2D eigenvalue weighted by molar-refractivity contribution is -0.146. The highest BCUT2D eigenvalue weighted by atomic mass is 16.5. The second kappa shape index (κ2) is 8.39. The van der Waals surface area contributed by atoms with Gasteiger partial charge in [-0.15, -0.1) is 0 Å². The van der Waals surface area contributed by atoms with Crippen molar-refractivity contribution in [2.24, 2.45) is 0 Å². The number of Topliss-reactive ketones (excluding diaryl/α,β-unsaturated/α-hetero) is 1. The molecule has 2 aromatic carbocycles. The van der Waals surface area contributed by atoms with Crippen molar-refractivity contribution in [2.45, 2.75) is 39.7 Å². The largest absolute Gasteiger partial charge is 0.454 e. The molecule has 1 atom stereocenters. The van der Waals surface area contributed by atoms with Crippen LogP contribution in [0.4, 0.5) is 0 Å². The molecular formula is C23H23NO5. The molecule has 0 aromatic heterocycles. The van der Waals surface area contributed by atoms with Crippen LogP contribution in [0, 0.1) is 13.8 Å². The Morgan fingerprint density at radius 2 is 1.59 bits per heavy atom. The molecule has 0 aliphatic carbocycles. The number of benzene rings is 2. The third-order valence-electron chi connectivity index (χ3n) is 5.11. The smallest absolute Gasteiger partial charge is 0.306 e. The van der Waals surface area contributed by atoms with E-state index in [9.17, 15) is 19.2 Å². The monoisotopic (exact) mass is 393 g/mol. The fourth-order valence-electron chi connectivity index (χ4n) is 3.26. The van der Waals surface area contributed by atoms with Crippen molar-refractivity contribution in [1.82, 2.24) is 4.90 Å². The van der Waals surface area contributed by atoms with Gasteiger partial charge in [0, 0.05) is 18.5 Å². The third-order valence-corrected chi connectivity index (χ3v) is 5.11. The first-order valence-corrected chi connectivity index (χ1v) is 9.55. The van der Waals surface area contributed by atoms with Crippen LogP contribution >= 0.6 is 0 Å². The maximum Gasteiger partial charge on any atom is 0.306 e. The molecule has 6 nitrogen and oxygen atoms in total. The second-order valence-corrected chi connectivity index (χ2v) is 7.21. The molecule has 0 N–H and O–H groups in total. The number of imide groups is 1. The number of carbonyl (C=O) groups is 4. The van der Waals surface area contributed by atoms with Gasteiger partial charge in [0.05, 0.1) is 11.1 Å². The fourth-order valence-corrected chi connectivity index (χ4v) is 3.26. The van der Waals surface area contributed by atoms with Gasteiger partial charge in [-0.1, -0.05) is 24.3 Å². The molecule has 0 spiro atoms. The van der Waals surface area contributed by atoms with Crippen LogP contribution in [-0.2, 0) is 9.53 Å². The van der Waals surface area contributed by atoms with E-state index in [-0.39, 0.29) is 37.0 Å². The summed E-state index contributed by atoms with van der Waals surface area (Å²) in [6.45, 7) is 5.55. The maximum atomic E-state index is 12.5. The topological polar surface area (TPSA) is 80.8 Å². The number of fused-ring (bicyclic) bond motifs is 1. The predicted molar refractivity (Wildman–Crippen MR) is 107 cm³/mol. The molecule has 6 heteroatoms. The first-order valence-electron chi connectivity index (χ1n) is 9.55. The van der Waals surface area contributed by atoms with Gasteiger partial charge in [0.15, 0.2) is 6.10 Å². The Morgan fingerprint density at radius 3 is 2.17 bits per heavy atom. The van der Waals surface area contributed by atoms with E-state index in [1.165, 1.54) is 0 Å². The summed E-state index contributed by atoms with van der Waals surface area (Å²) in [7, 11) is 0. The summed E-state index contributed by atoms with van der Waals surface area (Å²) in [6.07, 6.45) is -0.615. The highest BCUT2D eigenvalue weighted by Gasteiger charge is 2.34. The van der Waals surface area contributed by atoms with Crippen LogP contribution in [0.3, 0.4) is 0 Å². The van der Waals surface area contributed by atoms with Gasteiger partial charge < -0.3 is 4.74 Å². The Labute approximate surface area is 169 Å². The van der Waals surface area contributed by atoms with Gasteiger partial charge in [0.2, 0.25) is 5.78 Å². The summed E-state index contributed by atoms with van der Waals surface area (Å²) in [5.74, 6) is -1.50. The van der Waals surface area contributed by atoms with Gasteiger partial charge in [0.25, 0.3) is 11.8 Å². The molecule has 2 amide bonds. The number of ether oxygens (including phenoxy) is 1. The highest BCUT2D eigenvalue weighted by Crippen LogP contribution is 2.22. The molecule has 0 radical (unpaired) electrons. The summed E-state index contributed by atoms with van der Waals surface area (Å²) >= 11 is 0. The van der Waals surface area contributed by atoms with Crippen LogP contribution in [0.15, 0.2) is 42.5 Å². The van der Waals surface area contributed by atoms with Gasteiger partial charge >= 0.3 is 5.97 Å². The van der Waals surface area contributed by atoms with Crippen molar-refractivity contribution < 1.29 is 23.9 Å². The minimum absolute atomic E-state index is 0.0119. The molecule has 29 heavy (non-hydrogen) atoms. The Morgan fingerprint density at radius 1 is 0.966 bits per heavy atom. The molecule has 1 aliphatic rings. The van der Waals surface area contributed by atoms with Crippen molar-refractivity contribution in [1.29, 1.82) is 0 Å². The number of esters is 1. The molecule has 0 fully saturated rings. The number of amides is 2. The Hall–Kier alpha value is -3.28. The number of hydrogen-bond acceptors (Lipinski definition) is 5. The normalized spacial score (nSPS) is 14.0. The van der Waals surface area contributed by atoms with Crippen molar-refractivity contribution in [3.8, 4) is 0 Å². The fraction of sp³-hybridized carbons (Fsp3) is 0.304. The van der Waals surface area contributed by atoms with Crippen molar-refractivity contribution in [2.75, 3.05) is 6.54 Å². The lowest BCUT2D eigenvalue weighted by atomic mass is 10.0. The Bertz CT molecular complexity index is 960. The molecule has 0 bridgehead atoms. The lowest BCUT2D eigenvalue weighted by Gasteiger charge is -2.15.